The third-order valence-corrected chi connectivity index (χ3v) is 4.52. The molecule has 1 nitrogen and oxygen atoms in total. The molecule has 0 aromatic heterocycles. The van der Waals surface area contributed by atoms with Gasteiger partial charge in [0.1, 0.15) is 5.82 Å². The standard InChI is InChI=1S/C18H19ClFN/c1-12(10-14-4-2-3-5-17(14)19)21-18-9-6-13-11-15(20)7-8-16(13)18/h2-5,7-8,11-12,18,21H,6,9-10H2,1H3. The van der Waals surface area contributed by atoms with Crippen LogP contribution >= 0.6 is 11.6 Å². The van der Waals surface area contributed by atoms with Gasteiger partial charge in [0, 0.05) is 17.1 Å². The van der Waals surface area contributed by atoms with Crippen molar-refractivity contribution in [3.63, 3.8) is 0 Å². The minimum atomic E-state index is -0.140. The van der Waals surface area contributed by atoms with Crippen LogP contribution in [-0.4, -0.2) is 6.04 Å². The van der Waals surface area contributed by atoms with Crippen molar-refractivity contribution in [2.24, 2.45) is 0 Å². The number of aryl methyl sites for hydroxylation is 1. The van der Waals surface area contributed by atoms with Gasteiger partial charge in [-0.05, 0) is 61.1 Å². The number of halogens is 2. The maximum absolute atomic E-state index is 13.2. The highest BCUT2D eigenvalue weighted by molar-refractivity contribution is 6.31. The molecule has 1 aliphatic carbocycles. The van der Waals surface area contributed by atoms with Gasteiger partial charge < -0.3 is 5.32 Å². The first kappa shape index (κ1) is 14.6. The lowest BCUT2D eigenvalue weighted by molar-refractivity contribution is 0.451. The van der Waals surface area contributed by atoms with E-state index in [0.717, 1.165) is 35.4 Å². The summed E-state index contributed by atoms with van der Waals surface area (Å²) < 4.78 is 13.2. The third kappa shape index (κ3) is 3.28. The van der Waals surface area contributed by atoms with Gasteiger partial charge in [-0.1, -0.05) is 35.9 Å². The van der Waals surface area contributed by atoms with Gasteiger partial charge in [-0.15, -0.1) is 0 Å². The fourth-order valence-electron chi connectivity index (χ4n) is 3.16. The number of hydrogen-bond acceptors (Lipinski definition) is 1. The van der Waals surface area contributed by atoms with Gasteiger partial charge in [0.2, 0.25) is 0 Å². The van der Waals surface area contributed by atoms with Crippen LogP contribution in [0.1, 0.15) is 36.1 Å². The van der Waals surface area contributed by atoms with Crippen LogP contribution < -0.4 is 5.32 Å². The molecule has 3 rings (SSSR count). The second kappa shape index (κ2) is 6.17. The lowest BCUT2D eigenvalue weighted by atomic mass is 10.0. The van der Waals surface area contributed by atoms with E-state index in [-0.39, 0.29) is 5.82 Å². The Morgan fingerprint density at radius 2 is 2.10 bits per heavy atom. The molecule has 0 radical (unpaired) electrons. The minimum Gasteiger partial charge on any atom is -0.307 e. The van der Waals surface area contributed by atoms with E-state index in [2.05, 4.69) is 18.3 Å². The molecule has 3 heteroatoms. The molecule has 0 heterocycles. The van der Waals surface area contributed by atoms with Gasteiger partial charge in [0.15, 0.2) is 0 Å². The highest BCUT2D eigenvalue weighted by Gasteiger charge is 2.24. The highest BCUT2D eigenvalue weighted by atomic mass is 35.5. The van der Waals surface area contributed by atoms with E-state index in [9.17, 15) is 4.39 Å². The molecule has 1 N–H and O–H groups in total. The average molecular weight is 304 g/mol. The Hall–Kier alpha value is -1.38. The molecule has 0 aliphatic heterocycles. The number of benzene rings is 2. The van der Waals surface area contributed by atoms with Crippen molar-refractivity contribution in [1.82, 2.24) is 5.32 Å². The predicted octanol–water partition coefficient (Wildman–Crippen LogP) is 4.69. The van der Waals surface area contributed by atoms with E-state index in [1.165, 1.54) is 5.56 Å². The Morgan fingerprint density at radius 3 is 2.90 bits per heavy atom. The van der Waals surface area contributed by atoms with E-state index >= 15 is 0 Å². The summed E-state index contributed by atoms with van der Waals surface area (Å²) >= 11 is 6.21. The monoisotopic (exact) mass is 303 g/mol. The molecule has 2 atom stereocenters. The average Bonchev–Trinajstić information content (AvgIpc) is 2.83. The van der Waals surface area contributed by atoms with Crippen molar-refractivity contribution in [3.05, 3.63) is 70.0 Å². The van der Waals surface area contributed by atoms with Crippen molar-refractivity contribution >= 4 is 11.6 Å². The van der Waals surface area contributed by atoms with Crippen LogP contribution in [0.5, 0.6) is 0 Å². The Bertz CT molecular complexity index is 641. The Labute approximate surface area is 130 Å². The van der Waals surface area contributed by atoms with Gasteiger partial charge in [0.05, 0.1) is 0 Å². The van der Waals surface area contributed by atoms with Crippen LogP contribution in [0.2, 0.25) is 5.02 Å². The minimum absolute atomic E-state index is 0.140. The highest BCUT2D eigenvalue weighted by Crippen LogP contribution is 2.32. The zero-order valence-electron chi connectivity index (χ0n) is 12.1. The number of nitrogens with one attached hydrogen (secondary N) is 1. The summed E-state index contributed by atoms with van der Waals surface area (Å²) in [4.78, 5) is 0. The molecule has 0 fully saturated rings. The molecule has 110 valence electrons. The van der Waals surface area contributed by atoms with Crippen molar-refractivity contribution in [3.8, 4) is 0 Å². The largest absolute Gasteiger partial charge is 0.307 e. The maximum atomic E-state index is 13.2. The van der Waals surface area contributed by atoms with Gasteiger partial charge >= 0.3 is 0 Å². The summed E-state index contributed by atoms with van der Waals surface area (Å²) in [7, 11) is 0. The van der Waals surface area contributed by atoms with Crippen LogP contribution in [0.3, 0.4) is 0 Å². The van der Waals surface area contributed by atoms with Gasteiger partial charge in [-0.2, -0.15) is 0 Å². The molecule has 0 bridgehead atoms. The topological polar surface area (TPSA) is 12.0 Å². The summed E-state index contributed by atoms with van der Waals surface area (Å²) in [6.07, 6.45) is 2.88. The molecule has 21 heavy (non-hydrogen) atoms. The SMILES string of the molecule is CC(Cc1ccccc1Cl)NC1CCc2cc(F)ccc21. The number of fused-ring (bicyclic) bond motifs is 1. The van der Waals surface area contributed by atoms with Crippen LogP contribution in [-0.2, 0) is 12.8 Å². The van der Waals surface area contributed by atoms with Crippen molar-refractivity contribution in [2.75, 3.05) is 0 Å². The molecule has 2 aromatic carbocycles. The van der Waals surface area contributed by atoms with Crippen LogP contribution in [0.15, 0.2) is 42.5 Å². The molecular weight excluding hydrogens is 285 g/mol. The Morgan fingerprint density at radius 1 is 1.29 bits per heavy atom. The second-order valence-corrected chi connectivity index (χ2v) is 6.20. The summed E-state index contributed by atoms with van der Waals surface area (Å²) in [5.41, 5.74) is 3.54. The summed E-state index contributed by atoms with van der Waals surface area (Å²) in [6.45, 7) is 2.17. The first-order valence-electron chi connectivity index (χ1n) is 7.41. The number of hydrogen-bond donors (Lipinski definition) is 1. The molecule has 0 saturated carbocycles. The molecule has 2 unspecified atom stereocenters. The smallest absolute Gasteiger partial charge is 0.123 e. The maximum Gasteiger partial charge on any atom is 0.123 e. The molecule has 0 amide bonds. The molecule has 2 aromatic rings. The van der Waals surface area contributed by atoms with E-state index < -0.39 is 0 Å². The van der Waals surface area contributed by atoms with E-state index in [1.807, 2.05) is 24.3 Å². The molecular formula is C18H19ClFN. The van der Waals surface area contributed by atoms with Gasteiger partial charge in [-0.25, -0.2) is 4.39 Å². The zero-order chi connectivity index (χ0) is 14.8. The fourth-order valence-corrected chi connectivity index (χ4v) is 3.37. The normalized spacial score (nSPS) is 18.5. The predicted molar refractivity (Wildman–Crippen MR) is 85.2 cm³/mol. The van der Waals surface area contributed by atoms with Crippen molar-refractivity contribution in [2.45, 2.75) is 38.3 Å². The van der Waals surface area contributed by atoms with Crippen LogP contribution in [0.4, 0.5) is 4.39 Å². The van der Waals surface area contributed by atoms with Crippen LogP contribution in [0, 0.1) is 5.82 Å². The first-order valence-corrected chi connectivity index (χ1v) is 7.79. The number of rotatable bonds is 4. The Balaban J connectivity index is 1.67. The lowest BCUT2D eigenvalue weighted by Crippen LogP contribution is -2.31. The molecule has 0 spiro atoms. The lowest BCUT2D eigenvalue weighted by Gasteiger charge is -2.21. The van der Waals surface area contributed by atoms with E-state index in [4.69, 9.17) is 11.6 Å². The van der Waals surface area contributed by atoms with Crippen molar-refractivity contribution in [1.29, 1.82) is 0 Å². The van der Waals surface area contributed by atoms with E-state index in [0.29, 0.717) is 12.1 Å². The zero-order valence-corrected chi connectivity index (χ0v) is 12.8. The Kier molecular flexibility index (Phi) is 4.27. The second-order valence-electron chi connectivity index (χ2n) is 5.80. The molecule has 0 saturated heterocycles. The molecule has 1 aliphatic rings. The van der Waals surface area contributed by atoms with E-state index in [1.54, 1.807) is 12.1 Å². The van der Waals surface area contributed by atoms with Crippen LogP contribution in [0.25, 0.3) is 0 Å². The summed E-state index contributed by atoms with van der Waals surface area (Å²) in [5.74, 6) is -0.140. The van der Waals surface area contributed by atoms with Gasteiger partial charge in [-0.3, -0.25) is 0 Å². The summed E-state index contributed by atoms with van der Waals surface area (Å²) in [6, 6.07) is 13.7. The van der Waals surface area contributed by atoms with Crippen molar-refractivity contribution < 1.29 is 4.39 Å². The third-order valence-electron chi connectivity index (χ3n) is 4.15. The first-order chi connectivity index (χ1) is 10.1. The summed E-state index contributed by atoms with van der Waals surface area (Å²) in [5, 5.41) is 4.47. The quantitative estimate of drug-likeness (QED) is 0.864. The fraction of sp³-hybridized carbons (Fsp3) is 0.333. The van der Waals surface area contributed by atoms with Gasteiger partial charge in [0.25, 0.3) is 0 Å².